The average Bonchev–Trinajstić information content (AvgIpc) is 2.33. The molecule has 0 saturated heterocycles. The van der Waals surface area contributed by atoms with Crippen molar-refractivity contribution in [1.82, 2.24) is 5.32 Å². The number of rotatable bonds is 4. The van der Waals surface area contributed by atoms with E-state index in [9.17, 15) is 4.79 Å². The molecule has 0 aromatic rings. The Kier molecular flexibility index (Phi) is 3.75. The average molecular weight is 356 g/mol. The summed E-state index contributed by atoms with van der Waals surface area (Å²) in [5.74, 6) is 1.62. The van der Waals surface area contributed by atoms with Crippen LogP contribution in [0.2, 0.25) is 0 Å². The first kappa shape index (κ1) is 15.8. The first-order valence-electron chi connectivity index (χ1n) is 8.56. The molecule has 1 N–H and O–H groups in total. The third-order valence-electron chi connectivity index (χ3n) is 6.56. The molecule has 4 saturated carbocycles. The van der Waals surface area contributed by atoms with Gasteiger partial charge in [-0.3, -0.25) is 4.79 Å². The summed E-state index contributed by atoms with van der Waals surface area (Å²) >= 11 is 3.53. The van der Waals surface area contributed by atoms with Crippen molar-refractivity contribution in [3.05, 3.63) is 0 Å². The van der Waals surface area contributed by atoms with Gasteiger partial charge in [0, 0.05) is 11.4 Å². The first-order valence-corrected chi connectivity index (χ1v) is 9.68. The van der Waals surface area contributed by atoms with Crippen LogP contribution in [0.25, 0.3) is 0 Å². The summed E-state index contributed by atoms with van der Waals surface area (Å²) in [6.45, 7) is 9.21. The first-order chi connectivity index (χ1) is 9.69. The largest absolute Gasteiger partial charge is 0.353 e. The lowest BCUT2D eigenvalue weighted by Gasteiger charge is -2.64. The van der Waals surface area contributed by atoms with Crippen molar-refractivity contribution in [3.63, 3.8) is 0 Å². The molecule has 0 aromatic carbocycles. The lowest BCUT2D eigenvalue weighted by atomic mass is 9.40. The minimum Gasteiger partial charge on any atom is -0.353 e. The van der Waals surface area contributed by atoms with E-state index in [0.717, 1.165) is 30.5 Å². The molecule has 3 heteroatoms. The van der Waals surface area contributed by atoms with Gasteiger partial charge in [-0.25, -0.2) is 0 Å². The third-order valence-corrected chi connectivity index (χ3v) is 7.58. The van der Waals surface area contributed by atoms with E-state index in [2.05, 4.69) is 48.9 Å². The van der Waals surface area contributed by atoms with Crippen LogP contribution in [0, 0.1) is 28.1 Å². The Bertz CT molecular complexity index is 430. The topological polar surface area (TPSA) is 29.1 Å². The Morgan fingerprint density at radius 2 is 1.71 bits per heavy atom. The van der Waals surface area contributed by atoms with Gasteiger partial charge in [0.1, 0.15) is 0 Å². The molecule has 0 aliphatic heterocycles. The minimum absolute atomic E-state index is 0.0663. The summed E-state index contributed by atoms with van der Waals surface area (Å²) in [6.07, 6.45) is 7.41. The predicted molar refractivity (Wildman–Crippen MR) is 90.4 cm³/mol. The number of hydrogen-bond donors (Lipinski definition) is 1. The zero-order chi connectivity index (χ0) is 15.5. The van der Waals surface area contributed by atoms with E-state index in [0.29, 0.717) is 22.7 Å². The molecule has 4 unspecified atom stereocenters. The highest BCUT2D eigenvalue weighted by atomic mass is 79.9. The Morgan fingerprint density at radius 3 is 2.19 bits per heavy atom. The normalized spacial score (nSPS) is 47.2. The van der Waals surface area contributed by atoms with Crippen molar-refractivity contribution in [2.24, 2.45) is 28.1 Å². The van der Waals surface area contributed by atoms with Gasteiger partial charge in [-0.15, -0.1) is 0 Å². The van der Waals surface area contributed by atoms with Crippen molar-refractivity contribution >= 4 is 21.8 Å². The summed E-state index contributed by atoms with van der Waals surface area (Å²) in [6, 6.07) is 0.255. The van der Waals surface area contributed by atoms with Crippen molar-refractivity contribution < 1.29 is 4.79 Å². The number of halogens is 1. The lowest BCUT2D eigenvalue weighted by Crippen LogP contribution is -2.60. The van der Waals surface area contributed by atoms with E-state index >= 15 is 0 Å². The van der Waals surface area contributed by atoms with Crippen LogP contribution in [-0.4, -0.2) is 17.3 Å². The molecule has 2 nitrogen and oxygen atoms in total. The maximum Gasteiger partial charge on any atom is 0.226 e. The molecule has 4 aliphatic rings. The minimum atomic E-state index is -0.0663. The molecule has 4 bridgehead atoms. The van der Waals surface area contributed by atoms with Crippen molar-refractivity contribution in [1.29, 1.82) is 0 Å². The Morgan fingerprint density at radius 1 is 1.14 bits per heavy atom. The zero-order valence-electron chi connectivity index (χ0n) is 14.0. The molecular formula is C18H30BrNO. The summed E-state index contributed by atoms with van der Waals surface area (Å²) in [5.41, 5.74) is 0.759. The molecule has 4 atom stereocenters. The van der Waals surface area contributed by atoms with Crippen LogP contribution >= 0.6 is 15.9 Å². The van der Waals surface area contributed by atoms with Gasteiger partial charge >= 0.3 is 0 Å². The molecule has 1 amide bonds. The fraction of sp³-hybridized carbons (Fsp3) is 0.944. The number of amides is 1. The van der Waals surface area contributed by atoms with Gasteiger partial charge in [-0.1, -0.05) is 36.7 Å². The standard InChI is InChI=1S/C18H30BrNO/c1-12(8-19)13(2)20-15(21)18-7-14-5-16(3,10-18)9-17(4,6-14)11-18/h12-14H,5-11H2,1-4H3,(H,20,21). The zero-order valence-corrected chi connectivity index (χ0v) is 15.6. The van der Waals surface area contributed by atoms with Crippen molar-refractivity contribution in [2.45, 2.75) is 72.3 Å². The summed E-state index contributed by atoms with van der Waals surface area (Å²) < 4.78 is 0. The number of hydrogen-bond acceptors (Lipinski definition) is 1. The van der Waals surface area contributed by atoms with Crippen LogP contribution in [0.5, 0.6) is 0 Å². The molecule has 0 aromatic heterocycles. The second-order valence-corrected chi connectivity index (χ2v) is 9.95. The number of carbonyl (C=O) groups is 1. The quantitative estimate of drug-likeness (QED) is 0.738. The highest BCUT2D eigenvalue weighted by Gasteiger charge is 2.62. The van der Waals surface area contributed by atoms with E-state index in [1.54, 1.807) is 0 Å². The van der Waals surface area contributed by atoms with Crippen LogP contribution in [0.15, 0.2) is 0 Å². The number of alkyl halides is 1. The maximum atomic E-state index is 13.1. The highest BCUT2D eigenvalue weighted by molar-refractivity contribution is 9.09. The van der Waals surface area contributed by atoms with Gasteiger partial charge in [0.2, 0.25) is 5.91 Å². The van der Waals surface area contributed by atoms with E-state index in [4.69, 9.17) is 0 Å². The van der Waals surface area contributed by atoms with Gasteiger partial charge in [-0.05, 0) is 68.1 Å². The van der Waals surface area contributed by atoms with Crippen LogP contribution in [0.3, 0.4) is 0 Å². The van der Waals surface area contributed by atoms with Crippen LogP contribution in [0.4, 0.5) is 0 Å². The third kappa shape index (κ3) is 2.68. The van der Waals surface area contributed by atoms with Gasteiger partial charge in [0.05, 0.1) is 5.41 Å². The fourth-order valence-electron chi connectivity index (χ4n) is 6.34. The summed E-state index contributed by atoms with van der Waals surface area (Å²) in [5, 5.41) is 4.30. The number of nitrogens with one attached hydrogen (secondary N) is 1. The number of carbonyl (C=O) groups excluding carboxylic acids is 1. The molecule has 4 fully saturated rings. The maximum absolute atomic E-state index is 13.1. The second-order valence-electron chi connectivity index (χ2n) is 9.30. The van der Waals surface area contributed by atoms with Gasteiger partial charge in [-0.2, -0.15) is 0 Å². The van der Waals surface area contributed by atoms with Crippen molar-refractivity contribution in [3.8, 4) is 0 Å². The lowest BCUT2D eigenvalue weighted by molar-refractivity contribution is -0.170. The summed E-state index contributed by atoms with van der Waals surface area (Å²) in [7, 11) is 0. The molecule has 0 spiro atoms. The molecule has 4 rings (SSSR count). The van der Waals surface area contributed by atoms with E-state index in [-0.39, 0.29) is 11.5 Å². The second kappa shape index (κ2) is 4.97. The van der Waals surface area contributed by atoms with Gasteiger partial charge < -0.3 is 5.32 Å². The smallest absolute Gasteiger partial charge is 0.226 e. The molecule has 21 heavy (non-hydrogen) atoms. The molecule has 0 radical (unpaired) electrons. The SMILES string of the molecule is CC(CBr)C(C)NC(=O)C12CC3CC(C)(CC(C)(C3)C1)C2. The molecule has 120 valence electrons. The van der Waals surface area contributed by atoms with Crippen molar-refractivity contribution in [2.75, 3.05) is 5.33 Å². The van der Waals surface area contributed by atoms with Crippen LogP contribution < -0.4 is 5.32 Å². The monoisotopic (exact) mass is 355 g/mol. The van der Waals surface area contributed by atoms with E-state index in [1.165, 1.54) is 19.3 Å². The highest BCUT2D eigenvalue weighted by Crippen LogP contribution is 2.69. The molecule has 0 heterocycles. The Hall–Kier alpha value is -0.0500. The van der Waals surface area contributed by atoms with E-state index < -0.39 is 0 Å². The Balaban J connectivity index is 1.79. The molecular weight excluding hydrogens is 326 g/mol. The fourth-order valence-corrected chi connectivity index (χ4v) is 6.90. The molecule has 4 aliphatic carbocycles. The predicted octanol–water partition coefficient (Wildman–Crippen LogP) is 4.52. The van der Waals surface area contributed by atoms with E-state index in [1.807, 2.05) is 0 Å². The summed E-state index contributed by atoms with van der Waals surface area (Å²) in [4.78, 5) is 13.1. The van der Waals surface area contributed by atoms with Crippen LogP contribution in [-0.2, 0) is 4.79 Å². The Labute approximate surface area is 138 Å². The van der Waals surface area contributed by atoms with Crippen LogP contribution in [0.1, 0.15) is 66.2 Å². The van der Waals surface area contributed by atoms with Gasteiger partial charge in [0.15, 0.2) is 0 Å². The van der Waals surface area contributed by atoms with Gasteiger partial charge in [0.25, 0.3) is 0 Å².